The fourth-order valence-electron chi connectivity index (χ4n) is 3.13. The van der Waals surface area contributed by atoms with Gasteiger partial charge in [-0.1, -0.05) is 49.0 Å². The molecule has 0 bridgehead atoms. The van der Waals surface area contributed by atoms with E-state index in [4.69, 9.17) is 0 Å². The van der Waals surface area contributed by atoms with Gasteiger partial charge in [0, 0.05) is 31.7 Å². The van der Waals surface area contributed by atoms with Gasteiger partial charge in [-0.15, -0.1) is 0 Å². The van der Waals surface area contributed by atoms with Crippen molar-refractivity contribution in [3.8, 4) is 11.3 Å². The quantitative estimate of drug-likeness (QED) is 0.540. The van der Waals surface area contributed by atoms with Crippen LogP contribution in [0.5, 0.6) is 0 Å². The molecule has 0 aliphatic carbocycles. The Hall–Kier alpha value is -2.13. The fourth-order valence-corrected chi connectivity index (χ4v) is 4.00. The number of piperazine rings is 1. The monoisotopic (exact) mass is 424 g/mol. The molecule has 3 rings (SSSR count). The van der Waals surface area contributed by atoms with Crippen molar-refractivity contribution in [3.05, 3.63) is 42.1 Å². The molecule has 2 heterocycles. The molecular formula is C20H23F3N4OS. The molecule has 0 N–H and O–H groups in total. The molecular weight excluding hydrogens is 401 g/mol. The summed E-state index contributed by atoms with van der Waals surface area (Å²) >= 11 is 0.964. The van der Waals surface area contributed by atoms with E-state index in [1.165, 1.54) is 0 Å². The normalized spacial score (nSPS) is 16.7. The highest BCUT2D eigenvalue weighted by atomic mass is 32.2. The van der Waals surface area contributed by atoms with Crippen LogP contribution in [0.15, 0.2) is 41.6 Å². The van der Waals surface area contributed by atoms with E-state index in [1.54, 1.807) is 42.2 Å². The van der Waals surface area contributed by atoms with Gasteiger partial charge in [0.2, 0.25) is 5.91 Å². The molecule has 1 amide bonds. The molecule has 1 atom stereocenters. The summed E-state index contributed by atoms with van der Waals surface area (Å²) in [6, 6.07) is 9.58. The van der Waals surface area contributed by atoms with Crippen molar-refractivity contribution in [1.82, 2.24) is 19.8 Å². The maximum Gasteiger partial charge on any atom is 0.433 e. The highest BCUT2D eigenvalue weighted by molar-refractivity contribution is 8.00. The van der Waals surface area contributed by atoms with Crippen molar-refractivity contribution in [2.24, 2.45) is 0 Å². The van der Waals surface area contributed by atoms with Gasteiger partial charge in [-0.2, -0.15) is 13.2 Å². The number of hydrogen-bond donors (Lipinski definition) is 0. The average molecular weight is 424 g/mol. The van der Waals surface area contributed by atoms with Crippen LogP contribution in [-0.4, -0.2) is 63.6 Å². The van der Waals surface area contributed by atoms with Gasteiger partial charge in [0.25, 0.3) is 0 Å². The molecule has 1 aromatic heterocycles. The topological polar surface area (TPSA) is 49.3 Å². The number of carbonyl (C=O) groups excluding carboxylic acids is 1. The second-order valence-corrected chi connectivity index (χ2v) is 8.11. The zero-order valence-corrected chi connectivity index (χ0v) is 17.1. The average Bonchev–Trinajstić information content (AvgIpc) is 2.73. The molecule has 0 radical (unpaired) electrons. The summed E-state index contributed by atoms with van der Waals surface area (Å²) in [6.07, 6.45) is -4.59. The van der Waals surface area contributed by atoms with Crippen LogP contribution < -0.4 is 0 Å². The summed E-state index contributed by atoms with van der Waals surface area (Å²) < 4.78 is 40.0. The number of hydrogen-bond acceptors (Lipinski definition) is 5. The molecule has 1 unspecified atom stereocenters. The summed E-state index contributed by atoms with van der Waals surface area (Å²) in [4.78, 5) is 24.7. The van der Waals surface area contributed by atoms with Crippen LogP contribution in [0.4, 0.5) is 13.2 Å². The minimum atomic E-state index is -4.59. The number of alkyl halides is 3. The number of thioether (sulfide) groups is 1. The van der Waals surface area contributed by atoms with E-state index in [9.17, 15) is 18.0 Å². The minimum absolute atomic E-state index is 0.0493. The van der Waals surface area contributed by atoms with Crippen molar-refractivity contribution >= 4 is 17.7 Å². The van der Waals surface area contributed by atoms with Crippen LogP contribution in [0.3, 0.4) is 0 Å². The number of likely N-dealkylation sites (N-methyl/N-ethyl adjacent to an activating group) is 1. The van der Waals surface area contributed by atoms with Crippen molar-refractivity contribution < 1.29 is 18.0 Å². The van der Waals surface area contributed by atoms with Crippen LogP contribution in [0.25, 0.3) is 11.3 Å². The molecule has 156 valence electrons. The van der Waals surface area contributed by atoms with Crippen LogP contribution in [0, 0.1) is 0 Å². The van der Waals surface area contributed by atoms with E-state index < -0.39 is 17.1 Å². The number of benzene rings is 1. The third-order valence-corrected chi connectivity index (χ3v) is 5.78. The zero-order valence-electron chi connectivity index (χ0n) is 16.3. The van der Waals surface area contributed by atoms with Gasteiger partial charge in [-0.25, -0.2) is 9.97 Å². The Bertz CT molecular complexity index is 839. The van der Waals surface area contributed by atoms with E-state index in [1.807, 2.05) is 0 Å². The van der Waals surface area contributed by atoms with Gasteiger partial charge < -0.3 is 9.80 Å². The standard InChI is InChI=1S/C20H23F3N4OS/c1-3-26-9-11-27(12-10-26)18(28)14(2)29-19-24-16(15-7-5-4-6-8-15)13-17(25-19)20(21,22)23/h4-8,13-14H,3,9-12H2,1-2H3. The maximum atomic E-state index is 13.3. The number of nitrogens with zero attached hydrogens (tertiary/aromatic N) is 4. The molecule has 1 saturated heterocycles. The first-order valence-electron chi connectivity index (χ1n) is 9.47. The van der Waals surface area contributed by atoms with Gasteiger partial charge in [0.1, 0.15) is 5.69 Å². The Morgan fingerprint density at radius 3 is 2.38 bits per heavy atom. The van der Waals surface area contributed by atoms with E-state index in [0.717, 1.165) is 37.5 Å². The van der Waals surface area contributed by atoms with Gasteiger partial charge in [-0.3, -0.25) is 4.79 Å². The number of rotatable bonds is 5. The van der Waals surface area contributed by atoms with Gasteiger partial charge >= 0.3 is 6.18 Å². The molecule has 1 aromatic carbocycles. The maximum absolute atomic E-state index is 13.3. The molecule has 5 nitrogen and oxygen atoms in total. The lowest BCUT2D eigenvalue weighted by molar-refractivity contribution is -0.141. The van der Waals surface area contributed by atoms with Crippen molar-refractivity contribution in [2.75, 3.05) is 32.7 Å². The van der Waals surface area contributed by atoms with Crippen LogP contribution in [0.1, 0.15) is 19.5 Å². The first-order valence-corrected chi connectivity index (χ1v) is 10.4. The summed E-state index contributed by atoms with van der Waals surface area (Å²) in [5.74, 6) is -0.104. The molecule has 1 aliphatic rings. The summed E-state index contributed by atoms with van der Waals surface area (Å²) in [7, 11) is 0. The second kappa shape index (κ2) is 9.13. The summed E-state index contributed by atoms with van der Waals surface area (Å²) in [6.45, 7) is 7.55. The fraction of sp³-hybridized carbons (Fsp3) is 0.450. The number of halogens is 3. The number of amides is 1. The lowest BCUT2D eigenvalue weighted by Crippen LogP contribution is -2.50. The molecule has 1 fully saturated rings. The summed E-state index contributed by atoms with van der Waals surface area (Å²) in [5, 5.41) is -0.623. The lowest BCUT2D eigenvalue weighted by Gasteiger charge is -2.35. The minimum Gasteiger partial charge on any atom is -0.339 e. The van der Waals surface area contributed by atoms with Crippen LogP contribution >= 0.6 is 11.8 Å². The molecule has 0 saturated carbocycles. The Morgan fingerprint density at radius 1 is 1.14 bits per heavy atom. The molecule has 0 spiro atoms. The molecule has 1 aliphatic heterocycles. The van der Waals surface area contributed by atoms with Crippen molar-refractivity contribution in [2.45, 2.75) is 30.4 Å². The SMILES string of the molecule is CCN1CCN(C(=O)C(C)Sc2nc(-c3ccccc3)cc(C(F)(F)F)n2)CC1. The largest absolute Gasteiger partial charge is 0.433 e. The third kappa shape index (κ3) is 5.48. The predicted octanol–water partition coefficient (Wildman–Crippen LogP) is 3.81. The number of carbonyl (C=O) groups is 1. The van der Waals surface area contributed by atoms with E-state index >= 15 is 0 Å². The lowest BCUT2D eigenvalue weighted by atomic mass is 10.1. The van der Waals surface area contributed by atoms with Gasteiger partial charge in [0.15, 0.2) is 5.16 Å². The Balaban J connectivity index is 1.79. The highest BCUT2D eigenvalue weighted by Gasteiger charge is 2.34. The van der Waals surface area contributed by atoms with Crippen LogP contribution in [-0.2, 0) is 11.0 Å². The highest BCUT2D eigenvalue weighted by Crippen LogP contribution is 2.33. The smallest absolute Gasteiger partial charge is 0.339 e. The molecule has 9 heteroatoms. The molecule has 29 heavy (non-hydrogen) atoms. The Morgan fingerprint density at radius 2 is 1.79 bits per heavy atom. The second-order valence-electron chi connectivity index (χ2n) is 6.80. The van der Waals surface area contributed by atoms with E-state index in [2.05, 4.69) is 21.8 Å². The Labute approximate surface area is 172 Å². The molecule has 2 aromatic rings. The zero-order chi connectivity index (χ0) is 21.0. The Kier molecular flexibility index (Phi) is 6.79. The number of aromatic nitrogens is 2. The first-order chi connectivity index (χ1) is 13.8. The van der Waals surface area contributed by atoms with Crippen molar-refractivity contribution in [1.29, 1.82) is 0 Å². The first kappa shape index (κ1) is 21.6. The van der Waals surface area contributed by atoms with Gasteiger partial charge in [-0.05, 0) is 19.5 Å². The predicted molar refractivity (Wildman–Crippen MR) is 106 cm³/mol. The third-order valence-electron chi connectivity index (χ3n) is 4.83. The van der Waals surface area contributed by atoms with Crippen LogP contribution in [0.2, 0.25) is 0 Å². The van der Waals surface area contributed by atoms with E-state index in [-0.39, 0.29) is 16.8 Å². The van der Waals surface area contributed by atoms with Crippen molar-refractivity contribution in [3.63, 3.8) is 0 Å². The summed E-state index contributed by atoms with van der Waals surface area (Å²) in [5.41, 5.74) is -0.256. The van der Waals surface area contributed by atoms with Gasteiger partial charge in [0.05, 0.1) is 10.9 Å². The van der Waals surface area contributed by atoms with E-state index in [0.29, 0.717) is 18.7 Å².